The van der Waals surface area contributed by atoms with Crippen LogP contribution < -0.4 is 15.0 Å². The van der Waals surface area contributed by atoms with E-state index in [-0.39, 0.29) is 17.2 Å². The van der Waals surface area contributed by atoms with Crippen LogP contribution in [0.4, 0.5) is 5.69 Å². The van der Waals surface area contributed by atoms with Crippen LogP contribution in [0.3, 0.4) is 0 Å². The number of nitrogens with zero attached hydrogens (tertiary/aromatic N) is 2. The van der Waals surface area contributed by atoms with Gasteiger partial charge in [0.05, 0.1) is 12.8 Å². The normalized spacial score (nSPS) is 15.5. The summed E-state index contributed by atoms with van der Waals surface area (Å²) in [5.74, 6) is -1.57. The van der Waals surface area contributed by atoms with Crippen LogP contribution in [0.1, 0.15) is 5.56 Å². The van der Waals surface area contributed by atoms with E-state index in [0.717, 1.165) is 5.39 Å². The van der Waals surface area contributed by atoms with Crippen molar-refractivity contribution in [2.24, 2.45) is 0 Å². The molecule has 0 bridgehead atoms. The fourth-order valence-corrected chi connectivity index (χ4v) is 3.73. The van der Waals surface area contributed by atoms with Crippen molar-refractivity contribution in [1.82, 2.24) is 9.88 Å². The van der Waals surface area contributed by atoms with E-state index in [1.165, 1.54) is 18.1 Å². The van der Waals surface area contributed by atoms with Crippen LogP contribution in [0, 0.1) is 0 Å². The van der Waals surface area contributed by atoms with Gasteiger partial charge in [-0.2, -0.15) is 0 Å². The number of carbonyl (C=O) groups excluding carboxylic acids is 2. The molecule has 3 aromatic rings. The van der Waals surface area contributed by atoms with Gasteiger partial charge in [0.25, 0.3) is 11.8 Å². The minimum absolute atomic E-state index is 0.0226. The number of aromatic nitrogens is 1. The van der Waals surface area contributed by atoms with E-state index in [9.17, 15) is 19.5 Å². The van der Waals surface area contributed by atoms with Crippen LogP contribution >= 0.6 is 12.2 Å². The molecule has 0 aliphatic carbocycles. The Balaban J connectivity index is 1.78. The lowest BCUT2D eigenvalue weighted by atomic mass is 10.1. The molecule has 1 aliphatic heterocycles. The van der Waals surface area contributed by atoms with Crippen molar-refractivity contribution in [3.8, 4) is 5.75 Å². The minimum Gasteiger partial charge on any atom is -0.497 e. The highest BCUT2D eigenvalue weighted by Gasteiger charge is 2.34. The van der Waals surface area contributed by atoms with Crippen LogP contribution in [0.5, 0.6) is 5.75 Å². The van der Waals surface area contributed by atoms with Crippen LogP contribution in [0.25, 0.3) is 17.0 Å². The van der Waals surface area contributed by atoms with Gasteiger partial charge in [-0.1, -0.05) is 18.2 Å². The smallest absolute Gasteiger partial charge is 0.323 e. The summed E-state index contributed by atoms with van der Waals surface area (Å²) < 4.78 is 6.69. The standard InChI is InChI=1S/C22H17N3O5S/c1-30-15-8-6-14(7-9-15)25-21(29)17(20(28)23-22(25)31)10-13-11-24(12-19(26)27)18-5-3-2-4-16(13)18/h2-11H,12H2,1H3,(H,26,27)(H,23,28,31). The molecule has 2 N–H and O–H groups in total. The number of amides is 2. The zero-order valence-electron chi connectivity index (χ0n) is 16.4. The van der Waals surface area contributed by atoms with Gasteiger partial charge in [-0.25, -0.2) is 0 Å². The Labute approximate surface area is 182 Å². The van der Waals surface area contributed by atoms with Gasteiger partial charge in [-0.05, 0) is 48.6 Å². The van der Waals surface area contributed by atoms with Gasteiger partial charge in [-0.3, -0.25) is 24.6 Å². The molecule has 0 unspecified atom stereocenters. The van der Waals surface area contributed by atoms with E-state index >= 15 is 0 Å². The molecule has 2 amide bonds. The lowest BCUT2D eigenvalue weighted by Crippen LogP contribution is -2.54. The van der Waals surface area contributed by atoms with Crippen LogP contribution in [-0.4, -0.2) is 39.7 Å². The molecule has 9 heteroatoms. The molecule has 156 valence electrons. The Morgan fingerprint density at radius 3 is 2.55 bits per heavy atom. The number of carbonyl (C=O) groups is 3. The number of hydrogen-bond donors (Lipinski definition) is 2. The van der Waals surface area contributed by atoms with Gasteiger partial charge in [0.15, 0.2) is 5.11 Å². The van der Waals surface area contributed by atoms with Crippen molar-refractivity contribution in [2.75, 3.05) is 12.0 Å². The fourth-order valence-electron chi connectivity index (χ4n) is 3.45. The average molecular weight is 435 g/mol. The third-order valence-electron chi connectivity index (χ3n) is 4.86. The number of nitrogens with one attached hydrogen (secondary N) is 1. The molecule has 2 heterocycles. The average Bonchev–Trinajstić information content (AvgIpc) is 3.08. The third kappa shape index (κ3) is 3.78. The number of carboxylic acid groups (broad SMARTS) is 1. The number of fused-ring (bicyclic) bond motifs is 1. The first-order valence-corrected chi connectivity index (χ1v) is 9.65. The number of hydrogen-bond acceptors (Lipinski definition) is 5. The summed E-state index contributed by atoms with van der Waals surface area (Å²) in [6.45, 7) is -0.244. The maximum Gasteiger partial charge on any atom is 0.323 e. The SMILES string of the molecule is COc1ccc(N2C(=O)C(=Cc3cn(CC(=O)O)c4ccccc34)C(=O)NC2=S)cc1. The third-order valence-corrected chi connectivity index (χ3v) is 5.14. The molecule has 0 spiro atoms. The van der Waals surface area contributed by atoms with Crippen molar-refractivity contribution in [2.45, 2.75) is 6.54 Å². The molecule has 0 atom stereocenters. The van der Waals surface area contributed by atoms with E-state index < -0.39 is 17.8 Å². The van der Waals surface area contributed by atoms with Crippen LogP contribution in [-0.2, 0) is 20.9 Å². The van der Waals surface area contributed by atoms with Crippen molar-refractivity contribution in [1.29, 1.82) is 0 Å². The first kappa shape index (κ1) is 20.3. The second kappa shape index (κ2) is 8.04. The molecule has 2 aromatic carbocycles. The Kier molecular flexibility index (Phi) is 5.26. The summed E-state index contributed by atoms with van der Waals surface area (Å²) in [7, 11) is 1.54. The molecule has 31 heavy (non-hydrogen) atoms. The van der Waals surface area contributed by atoms with Gasteiger partial charge in [0, 0.05) is 22.7 Å². The first-order chi connectivity index (χ1) is 14.9. The lowest BCUT2D eigenvalue weighted by molar-refractivity contribution is -0.137. The largest absolute Gasteiger partial charge is 0.497 e. The number of rotatable bonds is 5. The van der Waals surface area contributed by atoms with Crippen LogP contribution in [0.15, 0.2) is 60.3 Å². The Hall–Kier alpha value is -3.98. The highest BCUT2D eigenvalue weighted by molar-refractivity contribution is 7.80. The Morgan fingerprint density at radius 2 is 1.87 bits per heavy atom. The summed E-state index contributed by atoms with van der Waals surface area (Å²) in [4.78, 5) is 38.2. The van der Waals surface area contributed by atoms with Gasteiger partial charge in [0.1, 0.15) is 17.9 Å². The molecule has 1 saturated heterocycles. The van der Waals surface area contributed by atoms with E-state index in [4.69, 9.17) is 17.0 Å². The van der Waals surface area contributed by atoms with Gasteiger partial charge in [0.2, 0.25) is 0 Å². The molecule has 1 aromatic heterocycles. The molecule has 1 aliphatic rings. The van der Waals surface area contributed by atoms with E-state index in [2.05, 4.69) is 5.32 Å². The number of aliphatic carboxylic acids is 1. The zero-order valence-corrected chi connectivity index (χ0v) is 17.2. The topological polar surface area (TPSA) is 101 Å². The summed E-state index contributed by atoms with van der Waals surface area (Å²) >= 11 is 5.22. The number of anilines is 1. The summed E-state index contributed by atoms with van der Waals surface area (Å²) in [5, 5.41) is 12.4. The summed E-state index contributed by atoms with van der Waals surface area (Å²) in [5.41, 5.74) is 1.61. The Bertz CT molecular complexity index is 1260. The van der Waals surface area contributed by atoms with Crippen molar-refractivity contribution in [3.05, 3.63) is 65.9 Å². The van der Waals surface area contributed by atoms with Crippen LogP contribution in [0.2, 0.25) is 0 Å². The van der Waals surface area contributed by atoms with Crippen molar-refractivity contribution < 1.29 is 24.2 Å². The van der Waals surface area contributed by atoms with Gasteiger partial charge >= 0.3 is 5.97 Å². The Morgan fingerprint density at radius 1 is 1.16 bits per heavy atom. The van der Waals surface area contributed by atoms with Gasteiger partial charge in [-0.15, -0.1) is 0 Å². The molecule has 4 rings (SSSR count). The number of thiocarbonyl (C=S) groups is 1. The first-order valence-electron chi connectivity index (χ1n) is 9.24. The maximum atomic E-state index is 13.2. The fraction of sp³-hybridized carbons (Fsp3) is 0.0909. The highest BCUT2D eigenvalue weighted by Crippen LogP contribution is 2.27. The number of para-hydroxylation sites is 1. The zero-order chi connectivity index (χ0) is 22.1. The highest BCUT2D eigenvalue weighted by atomic mass is 32.1. The van der Waals surface area contributed by atoms with E-state index in [1.54, 1.807) is 59.3 Å². The predicted molar refractivity (Wildman–Crippen MR) is 119 cm³/mol. The van der Waals surface area contributed by atoms with E-state index in [1.807, 2.05) is 0 Å². The number of methoxy groups -OCH3 is 1. The predicted octanol–water partition coefficient (Wildman–Crippen LogP) is 2.57. The second-order valence-corrected chi connectivity index (χ2v) is 7.17. The second-order valence-electron chi connectivity index (χ2n) is 6.78. The molecule has 0 radical (unpaired) electrons. The monoisotopic (exact) mass is 435 g/mol. The molecule has 1 fully saturated rings. The minimum atomic E-state index is -0.998. The van der Waals surface area contributed by atoms with Crippen molar-refractivity contribution in [3.63, 3.8) is 0 Å². The molecule has 8 nitrogen and oxygen atoms in total. The molecule has 0 saturated carbocycles. The lowest BCUT2D eigenvalue weighted by Gasteiger charge is -2.29. The maximum absolute atomic E-state index is 13.2. The molecular formula is C22H17N3O5S. The summed E-state index contributed by atoms with van der Waals surface area (Å²) in [6.07, 6.45) is 3.06. The van der Waals surface area contributed by atoms with Crippen molar-refractivity contribution >= 4 is 57.8 Å². The number of benzene rings is 2. The quantitative estimate of drug-likeness (QED) is 0.363. The molecular weight excluding hydrogens is 418 g/mol. The van der Waals surface area contributed by atoms with Gasteiger partial charge < -0.3 is 14.4 Å². The van der Waals surface area contributed by atoms with E-state index in [0.29, 0.717) is 22.5 Å². The summed E-state index contributed by atoms with van der Waals surface area (Å²) in [6, 6.07) is 13.9. The number of ether oxygens (including phenoxy) is 1. The number of carboxylic acids is 1.